The zero-order chi connectivity index (χ0) is 11.9. The van der Waals surface area contributed by atoms with E-state index in [9.17, 15) is 0 Å². The number of nitrogens with two attached hydrogens (primary N) is 1. The zero-order valence-electron chi connectivity index (χ0n) is 9.44. The van der Waals surface area contributed by atoms with Crippen molar-refractivity contribution in [2.45, 2.75) is 17.9 Å². The van der Waals surface area contributed by atoms with Crippen molar-refractivity contribution in [1.29, 1.82) is 0 Å². The van der Waals surface area contributed by atoms with Gasteiger partial charge in [0.15, 0.2) is 0 Å². The Balaban J connectivity index is 1.88. The molecule has 17 heavy (non-hydrogen) atoms. The molecule has 2 N–H and O–H groups in total. The minimum Gasteiger partial charge on any atom is -0.321 e. The molecule has 0 heterocycles. The SMILES string of the molecule is N[C@]1(c2ccccc2)C[C@H]1c1ccc(Br)cc1. The molecule has 0 aromatic heterocycles. The van der Waals surface area contributed by atoms with Crippen LogP contribution in [0.3, 0.4) is 0 Å². The maximum atomic E-state index is 6.47. The maximum Gasteiger partial charge on any atom is 0.0486 e. The molecule has 2 heteroatoms. The molecular weight excluding hydrogens is 274 g/mol. The molecule has 2 atom stereocenters. The largest absolute Gasteiger partial charge is 0.321 e. The van der Waals surface area contributed by atoms with Gasteiger partial charge < -0.3 is 5.73 Å². The highest BCUT2D eigenvalue weighted by Crippen LogP contribution is 2.56. The molecule has 0 unspecified atom stereocenters. The minimum atomic E-state index is -0.158. The van der Waals surface area contributed by atoms with Crippen molar-refractivity contribution >= 4 is 15.9 Å². The normalized spacial score (nSPS) is 26.8. The van der Waals surface area contributed by atoms with Crippen molar-refractivity contribution < 1.29 is 0 Å². The van der Waals surface area contributed by atoms with Crippen LogP contribution in [0.4, 0.5) is 0 Å². The number of hydrogen-bond donors (Lipinski definition) is 1. The van der Waals surface area contributed by atoms with Crippen LogP contribution in [0.5, 0.6) is 0 Å². The van der Waals surface area contributed by atoms with Crippen molar-refractivity contribution in [1.82, 2.24) is 0 Å². The molecular formula is C15H14BrN. The molecule has 2 aromatic carbocycles. The van der Waals surface area contributed by atoms with Gasteiger partial charge in [0.25, 0.3) is 0 Å². The first kappa shape index (κ1) is 11.0. The second-order valence-corrected chi connectivity index (χ2v) is 5.63. The summed E-state index contributed by atoms with van der Waals surface area (Å²) in [6.45, 7) is 0. The quantitative estimate of drug-likeness (QED) is 0.894. The van der Waals surface area contributed by atoms with E-state index in [1.54, 1.807) is 0 Å². The fourth-order valence-corrected chi connectivity index (χ4v) is 2.72. The van der Waals surface area contributed by atoms with Crippen molar-refractivity contribution in [3.05, 3.63) is 70.2 Å². The molecule has 0 saturated heterocycles. The number of rotatable bonds is 2. The Morgan fingerprint density at radius 3 is 2.29 bits per heavy atom. The van der Waals surface area contributed by atoms with E-state index in [0.29, 0.717) is 5.92 Å². The van der Waals surface area contributed by atoms with E-state index in [1.165, 1.54) is 11.1 Å². The standard InChI is InChI=1S/C15H14BrN/c16-13-8-6-11(7-9-13)14-10-15(14,17)12-4-2-1-3-5-12/h1-9,14H,10,17H2/t14-,15-/m0/s1. The lowest BCUT2D eigenvalue weighted by atomic mass is 10.00. The smallest absolute Gasteiger partial charge is 0.0486 e. The van der Waals surface area contributed by atoms with Crippen molar-refractivity contribution in [2.24, 2.45) is 5.73 Å². The van der Waals surface area contributed by atoms with Gasteiger partial charge in [-0.05, 0) is 29.7 Å². The summed E-state index contributed by atoms with van der Waals surface area (Å²) in [6.07, 6.45) is 1.04. The van der Waals surface area contributed by atoms with Gasteiger partial charge in [-0.3, -0.25) is 0 Å². The van der Waals surface area contributed by atoms with Crippen LogP contribution in [0.15, 0.2) is 59.1 Å². The van der Waals surface area contributed by atoms with Crippen LogP contribution in [-0.4, -0.2) is 0 Å². The monoisotopic (exact) mass is 287 g/mol. The lowest BCUT2D eigenvalue weighted by Gasteiger charge is -2.12. The fourth-order valence-electron chi connectivity index (χ4n) is 2.46. The predicted octanol–water partition coefficient (Wildman–Crippen LogP) is 3.79. The van der Waals surface area contributed by atoms with Gasteiger partial charge in [0.05, 0.1) is 0 Å². The van der Waals surface area contributed by atoms with Gasteiger partial charge in [-0.1, -0.05) is 58.4 Å². The Bertz CT molecular complexity index is 520. The van der Waals surface area contributed by atoms with Gasteiger partial charge in [0.2, 0.25) is 0 Å². The van der Waals surface area contributed by atoms with Crippen LogP contribution in [-0.2, 0) is 5.54 Å². The molecule has 0 spiro atoms. The van der Waals surface area contributed by atoms with Crippen LogP contribution in [0.2, 0.25) is 0 Å². The van der Waals surface area contributed by atoms with Crippen LogP contribution in [0, 0.1) is 0 Å². The molecule has 2 aromatic rings. The Morgan fingerprint density at radius 1 is 1.00 bits per heavy atom. The topological polar surface area (TPSA) is 26.0 Å². The molecule has 0 aliphatic heterocycles. The zero-order valence-corrected chi connectivity index (χ0v) is 11.0. The highest BCUT2D eigenvalue weighted by molar-refractivity contribution is 9.10. The van der Waals surface area contributed by atoms with Crippen LogP contribution in [0.25, 0.3) is 0 Å². The maximum absolute atomic E-state index is 6.47. The van der Waals surface area contributed by atoms with E-state index < -0.39 is 0 Å². The van der Waals surface area contributed by atoms with Crippen LogP contribution < -0.4 is 5.73 Å². The summed E-state index contributed by atoms with van der Waals surface area (Å²) in [5.41, 5.74) is 8.89. The van der Waals surface area contributed by atoms with E-state index in [-0.39, 0.29) is 5.54 Å². The molecule has 1 aliphatic carbocycles. The van der Waals surface area contributed by atoms with Gasteiger partial charge in [-0.15, -0.1) is 0 Å². The Kier molecular flexibility index (Phi) is 2.57. The second kappa shape index (κ2) is 3.97. The molecule has 3 rings (SSSR count). The summed E-state index contributed by atoms with van der Waals surface area (Å²) in [6, 6.07) is 18.9. The molecule has 1 nitrogen and oxygen atoms in total. The summed E-state index contributed by atoms with van der Waals surface area (Å²) in [5.74, 6) is 0.456. The van der Waals surface area contributed by atoms with E-state index in [1.807, 2.05) is 6.07 Å². The third-order valence-electron chi connectivity index (χ3n) is 3.59. The summed E-state index contributed by atoms with van der Waals surface area (Å²) in [4.78, 5) is 0. The third-order valence-corrected chi connectivity index (χ3v) is 4.12. The second-order valence-electron chi connectivity index (χ2n) is 4.71. The molecule has 0 radical (unpaired) electrons. The first-order valence-corrected chi connectivity index (χ1v) is 6.59. The van der Waals surface area contributed by atoms with E-state index in [2.05, 4.69) is 64.5 Å². The Hall–Kier alpha value is -1.12. The van der Waals surface area contributed by atoms with Crippen molar-refractivity contribution in [3.63, 3.8) is 0 Å². The molecule has 1 aliphatic rings. The van der Waals surface area contributed by atoms with Gasteiger partial charge in [-0.2, -0.15) is 0 Å². The van der Waals surface area contributed by atoms with Crippen LogP contribution in [0.1, 0.15) is 23.5 Å². The summed E-state index contributed by atoms with van der Waals surface area (Å²) in [5, 5.41) is 0. The first-order chi connectivity index (χ1) is 8.20. The number of halogens is 1. The summed E-state index contributed by atoms with van der Waals surface area (Å²) >= 11 is 3.46. The molecule has 86 valence electrons. The van der Waals surface area contributed by atoms with Crippen LogP contribution >= 0.6 is 15.9 Å². The average Bonchev–Trinajstić information content (AvgIpc) is 3.05. The number of hydrogen-bond acceptors (Lipinski definition) is 1. The molecule has 0 amide bonds. The summed E-state index contributed by atoms with van der Waals surface area (Å²) < 4.78 is 1.12. The highest BCUT2D eigenvalue weighted by atomic mass is 79.9. The molecule has 1 saturated carbocycles. The highest BCUT2D eigenvalue weighted by Gasteiger charge is 2.52. The Labute approximate surface area is 110 Å². The third kappa shape index (κ3) is 1.92. The fraction of sp³-hybridized carbons (Fsp3) is 0.200. The molecule has 1 fully saturated rings. The van der Waals surface area contributed by atoms with E-state index in [4.69, 9.17) is 5.73 Å². The van der Waals surface area contributed by atoms with E-state index in [0.717, 1.165) is 10.9 Å². The first-order valence-electron chi connectivity index (χ1n) is 5.80. The Morgan fingerprint density at radius 2 is 1.65 bits per heavy atom. The van der Waals surface area contributed by atoms with Gasteiger partial charge in [0, 0.05) is 15.9 Å². The van der Waals surface area contributed by atoms with Crippen molar-refractivity contribution in [2.75, 3.05) is 0 Å². The van der Waals surface area contributed by atoms with Gasteiger partial charge in [-0.25, -0.2) is 0 Å². The summed E-state index contributed by atoms with van der Waals surface area (Å²) in [7, 11) is 0. The lowest BCUT2D eigenvalue weighted by molar-refractivity contribution is 0.706. The number of benzene rings is 2. The molecule has 0 bridgehead atoms. The van der Waals surface area contributed by atoms with Gasteiger partial charge >= 0.3 is 0 Å². The van der Waals surface area contributed by atoms with Crippen molar-refractivity contribution in [3.8, 4) is 0 Å². The lowest BCUT2D eigenvalue weighted by Crippen LogP contribution is -2.21. The van der Waals surface area contributed by atoms with Gasteiger partial charge in [0.1, 0.15) is 0 Å². The predicted molar refractivity (Wildman–Crippen MR) is 73.8 cm³/mol. The minimum absolute atomic E-state index is 0.158. The average molecular weight is 288 g/mol. The van der Waals surface area contributed by atoms with E-state index >= 15 is 0 Å².